The van der Waals surface area contributed by atoms with E-state index in [4.69, 9.17) is 4.74 Å². The predicted octanol–water partition coefficient (Wildman–Crippen LogP) is 1.70. The summed E-state index contributed by atoms with van der Waals surface area (Å²) in [6.45, 7) is 5.01. The fourth-order valence-electron chi connectivity index (χ4n) is 3.28. The molecule has 2 rings (SSSR count). The van der Waals surface area contributed by atoms with Crippen molar-refractivity contribution in [2.24, 2.45) is 11.8 Å². The molecule has 2 N–H and O–H groups in total. The zero-order chi connectivity index (χ0) is 13.5. The molecule has 1 saturated carbocycles. The number of carbonyl (C=O) groups excluding carboxylic acids is 1. The summed E-state index contributed by atoms with van der Waals surface area (Å²) in [5.74, 6) is 0.990. The Balaban J connectivity index is 1.65. The standard InChI is InChI=1S/C15H28N2O2/c1-2-16-14-11-19-10-13(14)15(18)17-9-8-12-6-4-3-5-7-12/h12-14,16H,2-11H2,1H3,(H,17,18). The highest BCUT2D eigenvalue weighted by Gasteiger charge is 2.33. The Morgan fingerprint density at radius 1 is 1.21 bits per heavy atom. The van der Waals surface area contributed by atoms with E-state index in [1.54, 1.807) is 0 Å². The zero-order valence-corrected chi connectivity index (χ0v) is 12.1. The maximum absolute atomic E-state index is 12.1. The first kappa shape index (κ1) is 14.8. The van der Waals surface area contributed by atoms with Gasteiger partial charge < -0.3 is 15.4 Å². The second-order valence-corrected chi connectivity index (χ2v) is 5.89. The number of carbonyl (C=O) groups is 1. The molecule has 2 fully saturated rings. The molecular weight excluding hydrogens is 240 g/mol. The van der Waals surface area contributed by atoms with E-state index in [1.807, 2.05) is 0 Å². The van der Waals surface area contributed by atoms with Crippen LogP contribution < -0.4 is 10.6 Å². The molecular formula is C15H28N2O2. The highest BCUT2D eigenvalue weighted by atomic mass is 16.5. The molecule has 1 saturated heterocycles. The quantitative estimate of drug-likeness (QED) is 0.771. The summed E-state index contributed by atoms with van der Waals surface area (Å²) in [5, 5.41) is 6.43. The van der Waals surface area contributed by atoms with Gasteiger partial charge in [-0.05, 0) is 18.9 Å². The minimum Gasteiger partial charge on any atom is -0.379 e. The van der Waals surface area contributed by atoms with E-state index >= 15 is 0 Å². The molecule has 1 amide bonds. The Hall–Kier alpha value is -0.610. The highest BCUT2D eigenvalue weighted by molar-refractivity contribution is 5.79. The van der Waals surface area contributed by atoms with Gasteiger partial charge in [0.1, 0.15) is 0 Å². The molecule has 0 bridgehead atoms. The number of ether oxygens (including phenoxy) is 1. The fraction of sp³-hybridized carbons (Fsp3) is 0.933. The van der Waals surface area contributed by atoms with Crippen molar-refractivity contribution < 1.29 is 9.53 Å². The van der Waals surface area contributed by atoms with Gasteiger partial charge in [-0.2, -0.15) is 0 Å². The van der Waals surface area contributed by atoms with Gasteiger partial charge >= 0.3 is 0 Å². The van der Waals surface area contributed by atoms with Crippen molar-refractivity contribution in [1.29, 1.82) is 0 Å². The van der Waals surface area contributed by atoms with Gasteiger partial charge in [0.25, 0.3) is 0 Å². The first-order valence-corrected chi connectivity index (χ1v) is 7.90. The lowest BCUT2D eigenvalue weighted by atomic mass is 9.87. The summed E-state index contributed by atoms with van der Waals surface area (Å²) in [6, 6.07) is 0.194. The summed E-state index contributed by atoms with van der Waals surface area (Å²) in [4.78, 5) is 12.1. The van der Waals surface area contributed by atoms with Crippen LogP contribution in [0.4, 0.5) is 0 Å². The summed E-state index contributed by atoms with van der Waals surface area (Å²) in [6.07, 6.45) is 7.98. The second kappa shape index (κ2) is 7.85. The number of nitrogens with one attached hydrogen (secondary N) is 2. The largest absolute Gasteiger partial charge is 0.379 e. The van der Waals surface area contributed by atoms with Crippen LogP contribution in [0.25, 0.3) is 0 Å². The summed E-state index contributed by atoms with van der Waals surface area (Å²) in [5.41, 5.74) is 0. The molecule has 0 aromatic rings. The van der Waals surface area contributed by atoms with Crippen LogP contribution in [0.5, 0.6) is 0 Å². The summed E-state index contributed by atoms with van der Waals surface area (Å²) < 4.78 is 5.42. The first-order chi connectivity index (χ1) is 9.31. The minimum absolute atomic E-state index is 0.00805. The highest BCUT2D eigenvalue weighted by Crippen LogP contribution is 2.25. The Labute approximate surface area is 116 Å². The van der Waals surface area contributed by atoms with Crippen molar-refractivity contribution >= 4 is 5.91 Å². The Bertz CT molecular complexity index is 277. The molecule has 0 aromatic carbocycles. The van der Waals surface area contributed by atoms with Crippen LogP contribution in [0, 0.1) is 11.8 Å². The maximum atomic E-state index is 12.1. The molecule has 0 radical (unpaired) electrons. The van der Waals surface area contributed by atoms with Gasteiger partial charge in [0.15, 0.2) is 0 Å². The van der Waals surface area contributed by atoms with Gasteiger partial charge in [-0.3, -0.25) is 4.79 Å². The van der Waals surface area contributed by atoms with Crippen molar-refractivity contribution in [3.63, 3.8) is 0 Å². The van der Waals surface area contributed by atoms with Gasteiger partial charge in [0.2, 0.25) is 5.91 Å². The van der Waals surface area contributed by atoms with Crippen LogP contribution in [-0.2, 0) is 9.53 Å². The third kappa shape index (κ3) is 4.46. The van der Waals surface area contributed by atoms with Crippen LogP contribution in [-0.4, -0.2) is 38.3 Å². The first-order valence-electron chi connectivity index (χ1n) is 7.90. The average Bonchev–Trinajstić information content (AvgIpc) is 2.89. The van der Waals surface area contributed by atoms with E-state index in [1.165, 1.54) is 32.1 Å². The van der Waals surface area contributed by atoms with Gasteiger partial charge in [-0.15, -0.1) is 0 Å². The van der Waals surface area contributed by atoms with Gasteiger partial charge in [0.05, 0.1) is 19.1 Å². The topological polar surface area (TPSA) is 50.4 Å². The van der Waals surface area contributed by atoms with Gasteiger partial charge in [-0.1, -0.05) is 39.0 Å². The molecule has 2 unspecified atom stereocenters. The zero-order valence-electron chi connectivity index (χ0n) is 12.1. The molecule has 0 spiro atoms. The molecule has 4 nitrogen and oxygen atoms in total. The van der Waals surface area contributed by atoms with Crippen molar-refractivity contribution in [3.8, 4) is 0 Å². The van der Waals surface area contributed by atoms with Gasteiger partial charge in [0, 0.05) is 12.6 Å². The monoisotopic (exact) mass is 268 g/mol. The van der Waals surface area contributed by atoms with Crippen molar-refractivity contribution in [1.82, 2.24) is 10.6 Å². The van der Waals surface area contributed by atoms with Gasteiger partial charge in [-0.25, -0.2) is 0 Å². The van der Waals surface area contributed by atoms with E-state index in [0.717, 1.165) is 25.4 Å². The predicted molar refractivity (Wildman–Crippen MR) is 76.0 cm³/mol. The van der Waals surface area contributed by atoms with Crippen molar-refractivity contribution in [3.05, 3.63) is 0 Å². The molecule has 1 heterocycles. The van der Waals surface area contributed by atoms with Crippen LogP contribution >= 0.6 is 0 Å². The molecule has 0 aromatic heterocycles. The van der Waals surface area contributed by atoms with Crippen LogP contribution in [0.1, 0.15) is 45.4 Å². The Morgan fingerprint density at radius 3 is 2.74 bits per heavy atom. The van der Waals surface area contributed by atoms with Crippen molar-refractivity contribution in [2.75, 3.05) is 26.3 Å². The van der Waals surface area contributed by atoms with E-state index < -0.39 is 0 Å². The molecule has 1 aliphatic carbocycles. The fourth-order valence-corrected chi connectivity index (χ4v) is 3.28. The summed E-state index contributed by atoms with van der Waals surface area (Å²) >= 11 is 0. The summed E-state index contributed by atoms with van der Waals surface area (Å²) in [7, 11) is 0. The molecule has 19 heavy (non-hydrogen) atoms. The minimum atomic E-state index is -0.00805. The van der Waals surface area contributed by atoms with E-state index in [2.05, 4.69) is 17.6 Å². The maximum Gasteiger partial charge on any atom is 0.227 e. The Kier molecular flexibility index (Phi) is 6.11. The molecule has 1 aliphatic heterocycles. The average molecular weight is 268 g/mol. The number of rotatable bonds is 6. The van der Waals surface area contributed by atoms with Crippen LogP contribution in [0.2, 0.25) is 0 Å². The molecule has 110 valence electrons. The lowest BCUT2D eigenvalue weighted by molar-refractivity contribution is -0.125. The number of amides is 1. The third-order valence-corrected chi connectivity index (χ3v) is 4.46. The number of hydrogen-bond acceptors (Lipinski definition) is 3. The normalized spacial score (nSPS) is 28.5. The lowest BCUT2D eigenvalue weighted by Gasteiger charge is -2.22. The van der Waals surface area contributed by atoms with E-state index in [-0.39, 0.29) is 17.9 Å². The smallest absolute Gasteiger partial charge is 0.227 e. The SMILES string of the molecule is CCNC1COCC1C(=O)NCCC1CCCCC1. The number of hydrogen-bond donors (Lipinski definition) is 2. The molecule has 2 atom stereocenters. The molecule has 4 heteroatoms. The van der Waals surface area contributed by atoms with Crippen LogP contribution in [0.3, 0.4) is 0 Å². The van der Waals surface area contributed by atoms with Crippen LogP contribution in [0.15, 0.2) is 0 Å². The molecule has 2 aliphatic rings. The lowest BCUT2D eigenvalue weighted by Crippen LogP contribution is -2.44. The Morgan fingerprint density at radius 2 is 2.00 bits per heavy atom. The van der Waals surface area contributed by atoms with Crippen molar-refractivity contribution in [2.45, 2.75) is 51.5 Å². The third-order valence-electron chi connectivity index (χ3n) is 4.46. The van der Waals surface area contributed by atoms with E-state index in [9.17, 15) is 4.79 Å². The number of likely N-dealkylation sites (N-methyl/N-ethyl adjacent to an activating group) is 1. The second-order valence-electron chi connectivity index (χ2n) is 5.89. The van der Waals surface area contributed by atoms with E-state index in [0.29, 0.717) is 13.2 Å².